The zero-order valence-electron chi connectivity index (χ0n) is 7.54. The van der Waals surface area contributed by atoms with Crippen molar-refractivity contribution in [2.24, 2.45) is 5.92 Å². The van der Waals surface area contributed by atoms with E-state index < -0.39 is 0 Å². The average Bonchev–Trinajstić information content (AvgIpc) is 2.81. The van der Waals surface area contributed by atoms with Crippen molar-refractivity contribution >= 4 is 0 Å². The lowest BCUT2D eigenvalue weighted by molar-refractivity contribution is 0.287. The fraction of sp³-hybridized carbons (Fsp3) is 0.556. The largest absolute Gasteiger partial charge is 0.477 e. The van der Waals surface area contributed by atoms with Gasteiger partial charge in [-0.15, -0.1) is 0 Å². The Morgan fingerprint density at radius 1 is 1.69 bits per heavy atom. The molecule has 4 heteroatoms. The Labute approximate surface area is 76.0 Å². The third-order valence-electron chi connectivity index (χ3n) is 2.00. The first-order valence-corrected chi connectivity index (χ1v) is 4.45. The van der Waals surface area contributed by atoms with Gasteiger partial charge in [0, 0.05) is 0 Å². The zero-order valence-corrected chi connectivity index (χ0v) is 7.54. The third-order valence-corrected chi connectivity index (χ3v) is 2.00. The van der Waals surface area contributed by atoms with Gasteiger partial charge in [0.1, 0.15) is 5.82 Å². The lowest BCUT2D eigenvalue weighted by atomic mass is 10.5. The molecule has 0 bridgehead atoms. The van der Waals surface area contributed by atoms with Crippen molar-refractivity contribution in [3.8, 4) is 5.88 Å². The minimum atomic E-state index is -0.154. The summed E-state index contributed by atoms with van der Waals surface area (Å²) in [5, 5.41) is 0. The van der Waals surface area contributed by atoms with Crippen LogP contribution < -0.4 is 10.3 Å². The highest BCUT2D eigenvalue weighted by Crippen LogP contribution is 2.28. The molecule has 0 unspecified atom stereocenters. The van der Waals surface area contributed by atoms with Crippen LogP contribution in [0, 0.1) is 12.8 Å². The minimum absolute atomic E-state index is 0.154. The summed E-state index contributed by atoms with van der Waals surface area (Å²) in [5.41, 5.74) is -0.154. The van der Waals surface area contributed by atoms with Gasteiger partial charge in [-0.25, -0.2) is 4.98 Å². The van der Waals surface area contributed by atoms with Crippen molar-refractivity contribution in [3.63, 3.8) is 0 Å². The molecule has 0 spiro atoms. The number of H-pyrrole nitrogens is 1. The first-order valence-electron chi connectivity index (χ1n) is 4.45. The van der Waals surface area contributed by atoms with Gasteiger partial charge >= 0.3 is 0 Å². The molecule has 0 amide bonds. The Hall–Kier alpha value is -1.32. The quantitative estimate of drug-likeness (QED) is 0.750. The van der Waals surface area contributed by atoms with Crippen molar-refractivity contribution in [2.45, 2.75) is 19.8 Å². The van der Waals surface area contributed by atoms with Gasteiger partial charge in [-0.2, -0.15) is 0 Å². The fourth-order valence-corrected chi connectivity index (χ4v) is 1.11. The molecule has 0 aliphatic heterocycles. The van der Waals surface area contributed by atoms with E-state index in [-0.39, 0.29) is 5.56 Å². The maximum atomic E-state index is 11.0. The summed E-state index contributed by atoms with van der Waals surface area (Å²) in [6.45, 7) is 2.43. The topological polar surface area (TPSA) is 55.0 Å². The van der Waals surface area contributed by atoms with Crippen LogP contribution >= 0.6 is 0 Å². The molecule has 1 N–H and O–H groups in total. The van der Waals surface area contributed by atoms with Crippen LogP contribution in [0.4, 0.5) is 0 Å². The van der Waals surface area contributed by atoms with Gasteiger partial charge < -0.3 is 9.72 Å². The van der Waals surface area contributed by atoms with Gasteiger partial charge in [-0.1, -0.05) is 0 Å². The standard InChI is InChI=1S/C9H12N2O2/c1-6-10-8(12)4-9(11-6)13-5-7-2-3-7/h4,7H,2-3,5H2,1H3,(H,10,11,12). The number of hydrogen-bond donors (Lipinski definition) is 1. The molecule has 1 fully saturated rings. The second-order valence-corrected chi connectivity index (χ2v) is 3.42. The Balaban J connectivity index is 2.05. The van der Waals surface area contributed by atoms with Crippen molar-refractivity contribution in [3.05, 3.63) is 22.2 Å². The van der Waals surface area contributed by atoms with Crippen LogP contribution in [0.5, 0.6) is 5.88 Å². The van der Waals surface area contributed by atoms with E-state index in [0.717, 1.165) is 0 Å². The van der Waals surface area contributed by atoms with Crippen LogP contribution in [-0.2, 0) is 0 Å². The summed E-state index contributed by atoms with van der Waals surface area (Å²) in [6.07, 6.45) is 2.48. The van der Waals surface area contributed by atoms with Gasteiger partial charge in [0.05, 0.1) is 12.7 Å². The van der Waals surface area contributed by atoms with E-state index in [1.807, 2.05) is 0 Å². The molecule has 13 heavy (non-hydrogen) atoms. The van der Waals surface area contributed by atoms with Crippen molar-refractivity contribution in [1.29, 1.82) is 0 Å². The number of aromatic amines is 1. The van der Waals surface area contributed by atoms with Crippen LogP contribution in [-0.4, -0.2) is 16.6 Å². The van der Waals surface area contributed by atoms with E-state index in [1.165, 1.54) is 18.9 Å². The molecule has 2 rings (SSSR count). The van der Waals surface area contributed by atoms with E-state index in [0.29, 0.717) is 24.2 Å². The molecule has 1 saturated carbocycles. The normalized spacial score (nSPS) is 15.8. The molecular formula is C9H12N2O2. The van der Waals surface area contributed by atoms with Crippen molar-refractivity contribution < 1.29 is 4.74 Å². The fourth-order valence-electron chi connectivity index (χ4n) is 1.11. The lowest BCUT2D eigenvalue weighted by Gasteiger charge is -2.03. The molecule has 70 valence electrons. The van der Waals surface area contributed by atoms with E-state index in [2.05, 4.69) is 9.97 Å². The molecule has 1 aromatic rings. The predicted molar refractivity (Wildman–Crippen MR) is 47.8 cm³/mol. The highest BCUT2D eigenvalue weighted by Gasteiger charge is 2.22. The Bertz CT molecular complexity index is 355. The molecule has 0 aromatic carbocycles. The highest BCUT2D eigenvalue weighted by atomic mass is 16.5. The Morgan fingerprint density at radius 3 is 3.08 bits per heavy atom. The second kappa shape index (κ2) is 3.20. The molecule has 0 radical (unpaired) electrons. The van der Waals surface area contributed by atoms with Crippen LogP contribution in [0.25, 0.3) is 0 Å². The summed E-state index contributed by atoms with van der Waals surface area (Å²) in [7, 11) is 0. The molecule has 0 atom stereocenters. The number of aryl methyl sites for hydroxylation is 1. The molecule has 1 aromatic heterocycles. The third kappa shape index (κ3) is 2.31. The second-order valence-electron chi connectivity index (χ2n) is 3.42. The van der Waals surface area contributed by atoms with Crippen LogP contribution in [0.15, 0.2) is 10.9 Å². The monoisotopic (exact) mass is 180 g/mol. The number of ether oxygens (including phenoxy) is 1. The van der Waals surface area contributed by atoms with Gasteiger partial charge in [-0.3, -0.25) is 4.79 Å². The number of hydrogen-bond acceptors (Lipinski definition) is 3. The Morgan fingerprint density at radius 2 is 2.46 bits per heavy atom. The van der Waals surface area contributed by atoms with E-state index >= 15 is 0 Å². The van der Waals surface area contributed by atoms with Crippen LogP contribution in [0.1, 0.15) is 18.7 Å². The highest BCUT2D eigenvalue weighted by molar-refractivity contribution is 5.08. The smallest absolute Gasteiger partial charge is 0.254 e. The predicted octanol–water partition coefficient (Wildman–Crippen LogP) is 0.867. The zero-order chi connectivity index (χ0) is 9.26. The summed E-state index contributed by atoms with van der Waals surface area (Å²) < 4.78 is 5.36. The van der Waals surface area contributed by atoms with Gasteiger partial charge in [0.15, 0.2) is 0 Å². The lowest BCUT2D eigenvalue weighted by Crippen LogP contribution is -2.10. The van der Waals surface area contributed by atoms with E-state index in [9.17, 15) is 4.79 Å². The van der Waals surface area contributed by atoms with Crippen molar-refractivity contribution in [2.75, 3.05) is 6.61 Å². The summed E-state index contributed by atoms with van der Waals surface area (Å²) >= 11 is 0. The molecule has 1 aliphatic carbocycles. The van der Waals surface area contributed by atoms with Gasteiger partial charge in [0.2, 0.25) is 5.88 Å². The van der Waals surface area contributed by atoms with Crippen LogP contribution in [0.2, 0.25) is 0 Å². The maximum Gasteiger partial charge on any atom is 0.254 e. The van der Waals surface area contributed by atoms with E-state index in [4.69, 9.17) is 4.74 Å². The number of aromatic nitrogens is 2. The van der Waals surface area contributed by atoms with E-state index in [1.54, 1.807) is 6.92 Å². The molecule has 0 saturated heterocycles. The van der Waals surface area contributed by atoms with Gasteiger partial charge in [-0.05, 0) is 25.7 Å². The van der Waals surface area contributed by atoms with Gasteiger partial charge in [0.25, 0.3) is 5.56 Å². The average molecular weight is 180 g/mol. The first-order chi connectivity index (χ1) is 6.24. The first kappa shape index (κ1) is 8.29. The number of rotatable bonds is 3. The summed E-state index contributed by atoms with van der Waals surface area (Å²) in [6, 6.07) is 1.38. The molecule has 1 aliphatic rings. The molecule has 4 nitrogen and oxygen atoms in total. The SMILES string of the molecule is Cc1nc(OCC2CC2)cc(=O)[nH]1. The summed E-state index contributed by atoms with van der Waals surface area (Å²) in [5.74, 6) is 1.72. The molecular weight excluding hydrogens is 168 g/mol. The minimum Gasteiger partial charge on any atom is -0.477 e. The molecule has 1 heterocycles. The maximum absolute atomic E-state index is 11.0. The number of nitrogens with zero attached hydrogens (tertiary/aromatic N) is 1. The Kier molecular flexibility index (Phi) is 2.04. The van der Waals surface area contributed by atoms with Crippen LogP contribution in [0.3, 0.4) is 0 Å². The van der Waals surface area contributed by atoms with Crippen molar-refractivity contribution in [1.82, 2.24) is 9.97 Å². The summed E-state index contributed by atoms with van der Waals surface area (Å²) in [4.78, 5) is 17.6. The number of nitrogens with one attached hydrogen (secondary N) is 1.